The van der Waals surface area contributed by atoms with Gasteiger partial charge in [0.05, 0.1) is 21.3 Å². The van der Waals surface area contributed by atoms with E-state index < -0.39 is 39.2 Å². The average molecular weight is 375 g/mol. The maximum absolute atomic E-state index is 14.0. The molecule has 0 spiro atoms. The number of aromatic nitrogens is 2. The van der Waals surface area contributed by atoms with Crippen LogP contribution in [0.1, 0.15) is 43.1 Å². The summed E-state index contributed by atoms with van der Waals surface area (Å²) in [6.45, 7) is 3.30. The quantitative estimate of drug-likeness (QED) is 0.813. The van der Waals surface area contributed by atoms with Gasteiger partial charge in [0.15, 0.2) is 0 Å². The smallest absolute Gasteiger partial charge is 0.251 e. The highest BCUT2D eigenvalue weighted by molar-refractivity contribution is 7.84. The Morgan fingerprint density at radius 3 is 2.28 bits per heavy atom. The Morgan fingerprint density at radius 2 is 1.80 bits per heavy atom. The summed E-state index contributed by atoms with van der Waals surface area (Å²) in [6, 6.07) is 4.27. The van der Waals surface area contributed by atoms with Crippen molar-refractivity contribution in [1.82, 2.24) is 9.97 Å². The Bertz CT molecular complexity index is 766. The largest absolute Gasteiger partial charge is 0.419 e. The van der Waals surface area contributed by atoms with Gasteiger partial charge in [0.25, 0.3) is 0 Å². The highest BCUT2D eigenvalue weighted by Crippen LogP contribution is 2.36. The molecule has 2 atom stereocenters. The molecule has 2 rings (SSSR count). The van der Waals surface area contributed by atoms with Gasteiger partial charge in [-0.3, -0.25) is 5.14 Å². The summed E-state index contributed by atoms with van der Waals surface area (Å²) in [5.41, 5.74) is -1.08. The lowest BCUT2D eigenvalue weighted by Gasteiger charge is -2.27. The normalized spacial score (nSPS) is 15.0. The van der Waals surface area contributed by atoms with Crippen LogP contribution >= 0.6 is 0 Å². The summed E-state index contributed by atoms with van der Waals surface area (Å²) in [5, 5.41) is 5.49. The molecule has 1 unspecified atom stereocenters. The van der Waals surface area contributed by atoms with Crippen molar-refractivity contribution in [2.75, 3.05) is 0 Å². The van der Waals surface area contributed by atoms with Gasteiger partial charge in [-0.25, -0.2) is 18.6 Å². The fourth-order valence-electron chi connectivity index (χ4n) is 2.40. The van der Waals surface area contributed by atoms with Crippen LogP contribution in [0.2, 0.25) is 0 Å². The van der Waals surface area contributed by atoms with Crippen molar-refractivity contribution in [2.45, 2.75) is 37.1 Å². The second-order valence-electron chi connectivity index (χ2n) is 6.16. The predicted octanol–water partition coefficient (Wildman–Crippen LogP) is 3.56. The minimum atomic E-state index is -4.78. The summed E-state index contributed by atoms with van der Waals surface area (Å²) in [7, 11) is -1.70. The lowest BCUT2D eigenvalue weighted by atomic mass is 9.88. The molecule has 2 aromatic rings. The monoisotopic (exact) mass is 375 g/mol. The van der Waals surface area contributed by atoms with Crippen LogP contribution in [0.5, 0.6) is 0 Å². The molecule has 1 heterocycles. The number of benzene rings is 1. The minimum Gasteiger partial charge on any atom is -0.251 e. The van der Waals surface area contributed by atoms with E-state index in [9.17, 15) is 21.8 Å². The first-order valence-corrected chi connectivity index (χ1v) is 8.53. The van der Waals surface area contributed by atoms with Gasteiger partial charge in [-0.1, -0.05) is 6.07 Å². The number of nitrogens with zero attached hydrogens (tertiary/aromatic N) is 2. The van der Waals surface area contributed by atoms with E-state index in [0.29, 0.717) is 11.9 Å². The van der Waals surface area contributed by atoms with Crippen LogP contribution in [0.3, 0.4) is 0 Å². The van der Waals surface area contributed by atoms with E-state index in [0.717, 1.165) is 6.07 Å². The SMILES string of the molecule is CC(C)(C[C@@H](c1ccc(C(F)(F)F)c(F)c1)c1ncccn1)S(N)=O. The molecule has 0 amide bonds. The van der Waals surface area contributed by atoms with E-state index in [2.05, 4.69) is 9.97 Å². The highest BCUT2D eigenvalue weighted by Gasteiger charge is 2.36. The third-order valence-electron chi connectivity index (χ3n) is 3.84. The Hall–Kier alpha value is -1.87. The van der Waals surface area contributed by atoms with Crippen LogP contribution in [0.4, 0.5) is 17.6 Å². The molecule has 0 aliphatic rings. The molecule has 0 radical (unpaired) electrons. The second kappa shape index (κ2) is 7.17. The van der Waals surface area contributed by atoms with Crippen LogP contribution in [0.15, 0.2) is 36.7 Å². The van der Waals surface area contributed by atoms with Crippen LogP contribution in [-0.2, 0) is 17.2 Å². The fourth-order valence-corrected chi connectivity index (χ4v) is 2.73. The average Bonchev–Trinajstić information content (AvgIpc) is 2.52. The zero-order valence-corrected chi connectivity index (χ0v) is 14.4. The van der Waals surface area contributed by atoms with Gasteiger partial charge in [0.2, 0.25) is 0 Å². The molecule has 136 valence electrons. The molecule has 0 saturated heterocycles. The van der Waals surface area contributed by atoms with Crippen molar-refractivity contribution in [2.24, 2.45) is 5.14 Å². The molecule has 1 aromatic heterocycles. The maximum Gasteiger partial charge on any atom is 0.419 e. The Balaban J connectivity index is 2.50. The summed E-state index contributed by atoms with van der Waals surface area (Å²) in [4.78, 5) is 8.21. The number of alkyl halides is 3. The molecule has 1 aromatic carbocycles. The topological polar surface area (TPSA) is 68.9 Å². The standard InChI is InChI=1S/C16H17F4N3OS/c1-15(2,25(21)24)9-11(14-22-6-3-7-23-14)10-4-5-12(13(17)8-10)16(18,19)20/h3-8,11H,9,21H2,1-2H3/t11-,25?/m0/s1. The first-order valence-electron chi connectivity index (χ1n) is 7.32. The summed E-state index contributed by atoms with van der Waals surface area (Å²) >= 11 is 0. The van der Waals surface area contributed by atoms with Crippen LogP contribution in [-0.4, -0.2) is 18.9 Å². The van der Waals surface area contributed by atoms with Crippen molar-refractivity contribution in [3.05, 3.63) is 59.4 Å². The van der Waals surface area contributed by atoms with Crippen molar-refractivity contribution < 1.29 is 21.8 Å². The summed E-state index contributed by atoms with van der Waals surface area (Å²) < 4.78 is 63.1. The van der Waals surface area contributed by atoms with Gasteiger partial charge in [0, 0.05) is 18.3 Å². The molecule has 0 bridgehead atoms. The predicted molar refractivity (Wildman–Crippen MR) is 86.3 cm³/mol. The van der Waals surface area contributed by atoms with Gasteiger partial charge in [-0.2, -0.15) is 13.2 Å². The second-order valence-corrected chi connectivity index (χ2v) is 7.86. The lowest BCUT2D eigenvalue weighted by Crippen LogP contribution is -2.34. The van der Waals surface area contributed by atoms with Gasteiger partial charge < -0.3 is 0 Å². The molecule has 0 saturated carbocycles. The fraction of sp³-hybridized carbons (Fsp3) is 0.375. The molecule has 2 N–H and O–H groups in total. The first-order chi connectivity index (χ1) is 11.5. The lowest BCUT2D eigenvalue weighted by molar-refractivity contribution is -0.140. The zero-order valence-electron chi connectivity index (χ0n) is 13.5. The number of hydrogen-bond donors (Lipinski definition) is 1. The van der Waals surface area contributed by atoms with Gasteiger partial charge >= 0.3 is 6.18 Å². The van der Waals surface area contributed by atoms with E-state index >= 15 is 0 Å². The van der Waals surface area contributed by atoms with E-state index in [1.165, 1.54) is 18.5 Å². The minimum absolute atomic E-state index is 0.172. The molecule has 4 nitrogen and oxygen atoms in total. The molecule has 0 aliphatic carbocycles. The van der Waals surface area contributed by atoms with E-state index in [1.54, 1.807) is 19.9 Å². The van der Waals surface area contributed by atoms with Crippen molar-refractivity contribution in [3.8, 4) is 0 Å². The van der Waals surface area contributed by atoms with Crippen molar-refractivity contribution in [3.63, 3.8) is 0 Å². The maximum atomic E-state index is 14.0. The molecular weight excluding hydrogens is 358 g/mol. The van der Waals surface area contributed by atoms with E-state index in [4.69, 9.17) is 5.14 Å². The Kier molecular flexibility index (Phi) is 5.58. The van der Waals surface area contributed by atoms with Gasteiger partial charge in [0.1, 0.15) is 11.6 Å². The van der Waals surface area contributed by atoms with E-state index in [1.807, 2.05) is 0 Å². The third kappa shape index (κ3) is 4.60. The van der Waals surface area contributed by atoms with Gasteiger partial charge in [-0.05, 0) is 44.0 Å². The van der Waals surface area contributed by atoms with Gasteiger partial charge in [-0.15, -0.1) is 0 Å². The third-order valence-corrected chi connectivity index (χ3v) is 5.09. The highest BCUT2D eigenvalue weighted by atomic mass is 32.2. The first kappa shape index (κ1) is 19.5. The van der Waals surface area contributed by atoms with Crippen LogP contribution in [0.25, 0.3) is 0 Å². The van der Waals surface area contributed by atoms with Crippen LogP contribution in [0, 0.1) is 5.82 Å². The van der Waals surface area contributed by atoms with Crippen molar-refractivity contribution >= 4 is 11.0 Å². The molecule has 25 heavy (non-hydrogen) atoms. The van der Waals surface area contributed by atoms with E-state index in [-0.39, 0.29) is 12.0 Å². The van der Waals surface area contributed by atoms with Crippen LogP contribution < -0.4 is 5.14 Å². The number of rotatable bonds is 5. The number of halogens is 4. The van der Waals surface area contributed by atoms with Crippen molar-refractivity contribution in [1.29, 1.82) is 0 Å². The number of hydrogen-bond acceptors (Lipinski definition) is 3. The molecule has 0 fully saturated rings. The molecule has 0 aliphatic heterocycles. The Morgan fingerprint density at radius 1 is 1.20 bits per heavy atom. The summed E-state index contributed by atoms with van der Waals surface area (Å²) in [5.74, 6) is -1.74. The molecule has 9 heteroatoms. The Labute approximate surface area is 145 Å². The number of nitrogens with two attached hydrogens (primary N) is 1. The zero-order chi connectivity index (χ0) is 18.8. The summed E-state index contributed by atoms with van der Waals surface area (Å²) in [6.07, 6.45) is -1.66. The molecular formula is C16H17F4N3OS.